The molecule has 4 nitrogen and oxygen atoms in total. The average Bonchev–Trinajstić information content (AvgIpc) is 2.88. The number of benzene rings is 1. The van der Waals surface area contributed by atoms with Crippen LogP contribution < -0.4 is 0 Å². The van der Waals surface area contributed by atoms with Gasteiger partial charge in [-0.2, -0.15) is 0 Å². The van der Waals surface area contributed by atoms with Crippen LogP contribution in [0.25, 0.3) is 0 Å². The van der Waals surface area contributed by atoms with Gasteiger partial charge >= 0.3 is 0 Å². The van der Waals surface area contributed by atoms with Crippen LogP contribution in [-0.4, -0.2) is 43.3 Å². The molecule has 1 unspecified atom stereocenters. The zero-order valence-corrected chi connectivity index (χ0v) is 14.6. The van der Waals surface area contributed by atoms with Gasteiger partial charge in [-0.15, -0.1) is 0 Å². The lowest BCUT2D eigenvalue weighted by molar-refractivity contribution is -0.133. The van der Waals surface area contributed by atoms with E-state index in [-0.39, 0.29) is 41.9 Å². The van der Waals surface area contributed by atoms with Gasteiger partial charge in [0.25, 0.3) is 0 Å². The minimum atomic E-state index is -3.08. The number of unbranched alkanes of at least 4 members (excludes halogenated alkanes) is 1. The Bertz CT molecular complexity index is 691. The zero-order chi connectivity index (χ0) is 17.7. The lowest BCUT2D eigenvalue weighted by atomic mass is 10.1. The molecule has 1 saturated heterocycles. The number of nitrogens with zero attached hydrogens (tertiary/aromatic N) is 1. The monoisotopic (exact) mass is 359 g/mol. The van der Waals surface area contributed by atoms with Crippen LogP contribution in [0.2, 0.25) is 0 Å². The second kappa shape index (κ2) is 8.05. The van der Waals surface area contributed by atoms with Gasteiger partial charge in [0.2, 0.25) is 5.91 Å². The number of halogens is 2. The minimum absolute atomic E-state index is 0.00319. The van der Waals surface area contributed by atoms with E-state index in [9.17, 15) is 22.0 Å². The second-order valence-corrected chi connectivity index (χ2v) is 8.46. The van der Waals surface area contributed by atoms with Crippen molar-refractivity contribution in [3.05, 3.63) is 35.4 Å². The van der Waals surface area contributed by atoms with Gasteiger partial charge < -0.3 is 4.90 Å². The van der Waals surface area contributed by atoms with Gasteiger partial charge in [0.05, 0.1) is 11.5 Å². The SMILES string of the molecule is CCCCN(C(=O)CCc1cc(F)ccc1F)C1CCS(=O)(=O)C1. The third-order valence-corrected chi connectivity index (χ3v) is 6.09. The molecule has 24 heavy (non-hydrogen) atoms. The molecule has 1 amide bonds. The highest BCUT2D eigenvalue weighted by Crippen LogP contribution is 2.20. The van der Waals surface area contributed by atoms with Crippen LogP contribution in [0.15, 0.2) is 18.2 Å². The first-order chi connectivity index (χ1) is 11.3. The predicted molar refractivity (Wildman–Crippen MR) is 88.4 cm³/mol. The number of rotatable bonds is 7. The summed E-state index contributed by atoms with van der Waals surface area (Å²) >= 11 is 0. The molecule has 0 saturated carbocycles. The summed E-state index contributed by atoms with van der Waals surface area (Å²) < 4.78 is 50.2. The molecular formula is C17H23F2NO3S. The summed E-state index contributed by atoms with van der Waals surface area (Å²) in [6.45, 7) is 2.50. The first kappa shape index (κ1) is 18.8. The zero-order valence-electron chi connectivity index (χ0n) is 13.8. The van der Waals surface area contributed by atoms with E-state index in [0.717, 1.165) is 31.0 Å². The normalized spacial score (nSPS) is 19.4. The Kier molecular flexibility index (Phi) is 6.32. The summed E-state index contributed by atoms with van der Waals surface area (Å²) in [7, 11) is -3.08. The Morgan fingerprint density at radius 1 is 1.33 bits per heavy atom. The van der Waals surface area contributed by atoms with Crippen molar-refractivity contribution < 1.29 is 22.0 Å². The van der Waals surface area contributed by atoms with E-state index >= 15 is 0 Å². The number of hydrogen-bond donors (Lipinski definition) is 0. The van der Waals surface area contributed by atoms with Gasteiger partial charge in [-0.25, -0.2) is 17.2 Å². The number of carbonyl (C=O) groups excluding carboxylic acids is 1. The third kappa shape index (κ3) is 5.00. The Morgan fingerprint density at radius 3 is 2.71 bits per heavy atom. The molecule has 0 aromatic heterocycles. The maximum Gasteiger partial charge on any atom is 0.223 e. The molecule has 134 valence electrons. The molecule has 0 N–H and O–H groups in total. The Balaban J connectivity index is 2.03. The van der Waals surface area contributed by atoms with Crippen molar-refractivity contribution in [2.24, 2.45) is 0 Å². The van der Waals surface area contributed by atoms with Crippen LogP contribution in [-0.2, 0) is 21.1 Å². The molecule has 1 aliphatic heterocycles. The molecule has 1 aromatic carbocycles. The fourth-order valence-electron chi connectivity index (χ4n) is 2.98. The first-order valence-corrected chi connectivity index (χ1v) is 10.1. The van der Waals surface area contributed by atoms with Crippen molar-refractivity contribution >= 4 is 15.7 Å². The van der Waals surface area contributed by atoms with E-state index in [1.807, 2.05) is 6.92 Å². The van der Waals surface area contributed by atoms with Crippen LogP contribution in [0, 0.1) is 11.6 Å². The highest BCUT2D eigenvalue weighted by atomic mass is 32.2. The standard InChI is InChI=1S/C17H23F2NO3S/c1-2-3-9-20(15-8-10-24(22,23)12-15)17(21)7-4-13-11-14(18)5-6-16(13)19/h5-6,11,15H,2-4,7-10,12H2,1H3. The number of sulfone groups is 1. The van der Waals surface area contributed by atoms with Crippen LogP contribution in [0.4, 0.5) is 8.78 Å². The molecule has 1 heterocycles. The summed E-state index contributed by atoms with van der Waals surface area (Å²) in [5.74, 6) is -1.17. The molecule has 1 aliphatic rings. The molecule has 0 aliphatic carbocycles. The van der Waals surface area contributed by atoms with E-state index in [1.54, 1.807) is 4.90 Å². The fourth-order valence-corrected chi connectivity index (χ4v) is 4.71. The summed E-state index contributed by atoms with van der Waals surface area (Å²) in [6.07, 6.45) is 2.27. The predicted octanol–water partition coefficient (Wildman–Crippen LogP) is 2.71. The van der Waals surface area contributed by atoms with Gasteiger partial charge in [0.15, 0.2) is 9.84 Å². The van der Waals surface area contributed by atoms with Gasteiger partial charge in [-0.3, -0.25) is 4.79 Å². The molecule has 7 heteroatoms. The maximum absolute atomic E-state index is 13.7. The molecule has 0 bridgehead atoms. The largest absolute Gasteiger partial charge is 0.339 e. The van der Waals surface area contributed by atoms with Gasteiger partial charge in [0, 0.05) is 19.0 Å². The fraction of sp³-hybridized carbons (Fsp3) is 0.588. The summed E-state index contributed by atoms with van der Waals surface area (Å²) in [4.78, 5) is 14.1. The van der Waals surface area contributed by atoms with Crippen molar-refractivity contribution in [1.29, 1.82) is 0 Å². The molecule has 0 radical (unpaired) electrons. The van der Waals surface area contributed by atoms with Gasteiger partial charge in [-0.1, -0.05) is 13.3 Å². The van der Waals surface area contributed by atoms with E-state index in [0.29, 0.717) is 13.0 Å². The number of carbonyl (C=O) groups is 1. The van der Waals surface area contributed by atoms with Crippen LogP contribution >= 0.6 is 0 Å². The summed E-state index contributed by atoms with van der Waals surface area (Å²) in [5, 5.41) is 0. The summed E-state index contributed by atoms with van der Waals surface area (Å²) in [5.41, 5.74) is 0.165. The third-order valence-electron chi connectivity index (χ3n) is 4.34. The topological polar surface area (TPSA) is 54.5 Å². The second-order valence-electron chi connectivity index (χ2n) is 6.23. The maximum atomic E-state index is 13.7. The van der Waals surface area contributed by atoms with Gasteiger partial charge in [0.1, 0.15) is 11.6 Å². The van der Waals surface area contributed by atoms with Crippen molar-refractivity contribution in [3.8, 4) is 0 Å². The van der Waals surface area contributed by atoms with Crippen LogP contribution in [0.1, 0.15) is 38.2 Å². The van der Waals surface area contributed by atoms with E-state index in [1.165, 1.54) is 0 Å². The number of hydrogen-bond acceptors (Lipinski definition) is 3. The molecular weight excluding hydrogens is 336 g/mol. The van der Waals surface area contributed by atoms with E-state index in [2.05, 4.69) is 0 Å². The summed E-state index contributed by atoms with van der Waals surface area (Å²) in [6, 6.07) is 2.89. The lowest BCUT2D eigenvalue weighted by Gasteiger charge is -2.28. The van der Waals surface area contributed by atoms with Crippen molar-refractivity contribution in [2.75, 3.05) is 18.1 Å². The molecule has 1 fully saturated rings. The Morgan fingerprint density at radius 2 is 2.08 bits per heavy atom. The van der Waals surface area contributed by atoms with Crippen LogP contribution in [0.5, 0.6) is 0 Å². The van der Waals surface area contributed by atoms with E-state index < -0.39 is 21.5 Å². The quantitative estimate of drug-likeness (QED) is 0.752. The van der Waals surface area contributed by atoms with Crippen molar-refractivity contribution in [2.45, 2.75) is 45.1 Å². The average molecular weight is 359 g/mol. The molecule has 1 aromatic rings. The Labute approximate surface area is 141 Å². The number of amides is 1. The Hall–Kier alpha value is -1.50. The highest BCUT2D eigenvalue weighted by molar-refractivity contribution is 7.91. The highest BCUT2D eigenvalue weighted by Gasteiger charge is 2.34. The van der Waals surface area contributed by atoms with Gasteiger partial charge in [-0.05, 0) is 43.0 Å². The van der Waals surface area contributed by atoms with Crippen LogP contribution in [0.3, 0.4) is 0 Å². The molecule has 2 rings (SSSR count). The van der Waals surface area contributed by atoms with E-state index in [4.69, 9.17) is 0 Å². The molecule has 1 atom stereocenters. The lowest BCUT2D eigenvalue weighted by Crippen LogP contribution is -2.41. The minimum Gasteiger partial charge on any atom is -0.339 e. The smallest absolute Gasteiger partial charge is 0.223 e. The molecule has 0 spiro atoms. The van der Waals surface area contributed by atoms with Crippen molar-refractivity contribution in [1.82, 2.24) is 4.90 Å². The first-order valence-electron chi connectivity index (χ1n) is 8.26. The van der Waals surface area contributed by atoms with Crippen molar-refractivity contribution in [3.63, 3.8) is 0 Å². The number of aryl methyl sites for hydroxylation is 1.